The maximum atomic E-state index is 5.53. The number of hydrogen-bond donors (Lipinski definition) is 0. The molecule has 0 amide bonds. The maximum Gasteiger partial charge on any atom is 0.231 e. The van der Waals surface area contributed by atoms with Crippen LogP contribution in [0.1, 0.15) is 23.6 Å². The summed E-state index contributed by atoms with van der Waals surface area (Å²) < 4.78 is 21.9. The average molecular weight is 364 g/mol. The fourth-order valence-electron chi connectivity index (χ4n) is 3.21. The van der Waals surface area contributed by atoms with Crippen LogP contribution in [0.15, 0.2) is 46.6 Å². The number of ether oxygens (including phenoxy) is 4. The SMILES string of the molecule is COc1cccc(C=CC2=NN=C(C)Cc3cc4c(cc32)OCO4)c1OC. The minimum Gasteiger partial charge on any atom is -0.493 e. The molecule has 0 fully saturated rings. The predicted molar refractivity (Wildman–Crippen MR) is 104 cm³/mol. The Balaban J connectivity index is 1.76. The van der Waals surface area contributed by atoms with Gasteiger partial charge in [-0.2, -0.15) is 10.2 Å². The molecular weight excluding hydrogens is 344 g/mol. The molecule has 2 aromatic rings. The molecule has 6 heteroatoms. The summed E-state index contributed by atoms with van der Waals surface area (Å²) >= 11 is 0. The highest BCUT2D eigenvalue weighted by Gasteiger charge is 2.21. The Hall–Kier alpha value is -3.28. The van der Waals surface area contributed by atoms with E-state index in [9.17, 15) is 0 Å². The molecule has 0 radical (unpaired) electrons. The second kappa shape index (κ2) is 7.15. The number of hydrogen-bond acceptors (Lipinski definition) is 6. The van der Waals surface area contributed by atoms with E-state index in [0.717, 1.165) is 46.0 Å². The zero-order chi connectivity index (χ0) is 18.8. The molecule has 0 spiro atoms. The molecule has 0 N–H and O–H groups in total. The number of para-hydroxylation sites is 1. The summed E-state index contributed by atoms with van der Waals surface area (Å²) in [6.07, 6.45) is 4.60. The Kier molecular flexibility index (Phi) is 4.54. The van der Waals surface area contributed by atoms with Gasteiger partial charge in [-0.3, -0.25) is 0 Å². The van der Waals surface area contributed by atoms with Crippen molar-refractivity contribution in [1.29, 1.82) is 0 Å². The van der Waals surface area contributed by atoms with E-state index in [4.69, 9.17) is 18.9 Å². The third-order valence-electron chi connectivity index (χ3n) is 4.50. The van der Waals surface area contributed by atoms with Crippen LogP contribution < -0.4 is 18.9 Å². The Bertz CT molecular complexity index is 976. The van der Waals surface area contributed by atoms with Crippen LogP contribution in [0.2, 0.25) is 0 Å². The van der Waals surface area contributed by atoms with Gasteiger partial charge >= 0.3 is 0 Å². The normalized spacial score (nSPS) is 15.1. The van der Waals surface area contributed by atoms with Crippen LogP contribution in [-0.2, 0) is 6.42 Å². The van der Waals surface area contributed by atoms with Gasteiger partial charge in [-0.25, -0.2) is 0 Å². The number of benzene rings is 2. The molecule has 2 heterocycles. The Morgan fingerprint density at radius 1 is 1.00 bits per heavy atom. The molecule has 2 aliphatic rings. The predicted octanol–water partition coefficient (Wildman–Crippen LogP) is 3.87. The minimum absolute atomic E-state index is 0.245. The molecule has 4 rings (SSSR count). The zero-order valence-electron chi connectivity index (χ0n) is 15.5. The van der Waals surface area contributed by atoms with E-state index >= 15 is 0 Å². The van der Waals surface area contributed by atoms with Crippen LogP contribution in [0.25, 0.3) is 6.08 Å². The van der Waals surface area contributed by atoms with Gasteiger partial charge in [0, 0.05) is 23.3 Å². The molecule has 6 nitrogen and oxygen atoms in total. The molecule has 2 aliphatic heterocycles. The van der Waals surface area contributed by atoms with Gasteiger partial charge in [0.25, 0.3) is 0 Å². The Morgan fingerprint density at radius 2 is 1.81 bits per heavy atom. The van der Waals surface area contributed by atoms with E-state index in [-0.39, 0.29) is 6.79 Å². The van der Waals surface area contributed by atoms with E-state index in [0.29, 0.717) is 11.5 Å². The van der Waals surface area contributed by atoms with Crippen LogP contribution in [0, 0.1) is 0 Å². The van der Waals surface area contributed by atoms with Gasteiger partial charge in [0.15, 0.2) is 23.0 Å². The molecule has 27 heavy (non-hydrogen) atoms. The average Bonchev–Trinajstić information content (AvgIpc) is 3.08. The van der Waals surface area contributed by atoms with E-state index in [2.05, 4.69) is 10.2 Å². The molecule has 0 saturated heterocycles. The highest BCUT2D eigenvalue weighted by Crippen LogP contribution is 2.36. The lowest BCUT2D eigenvalue weighted by molar-refractivity contribution is 0.174. The highest BCUT2D eigenvalue weighted by molar-refractivity contribution is 6.13. The molecule has 138 valence electrons. The van der Waals surface area contributed by atoms with Crippen molar-refractivity contribution in [2.24, 2.45) is 10.2 Å². The van der Waals surface area contributed by atoms with E-state index in [1.165, 1.54) is 0 Å². The van der Waals surface area contributed by atoms with Gasteiger partial charge in [0.1, 0.15) is 0 Å². The van der Waals surface area contributed by atoms with Gasteiger partial charge in [-0.05, 0) is 42.8 Å². The monoisotopic (exact) mass is 364 g/mol. The van der Waals surface area contributed by atoms with Crippen LogP contribution >= 0.6 is 0 Å². The van der Waals surface area contributed by atoms with Gasteiger partial charge in [-0.1, -0.05) is 12.1 Å². The van der Waals surface area contributed by atoms with Gasteiger partial charge in [0.2, 0.25) is 6.79 Å². The lowest BCUT2D eigenvalue weighted by Gasteiger charge is -2.10. The molecule has 0 saturated carbocycles. The minimum atomic E-state index is 0.245. The first-order chi connectivity index (χ1) is 13.2. The van der Waals surface area contributed by atoms with Gasteiger partial charge in [-0.15, -0.1) is 0 Å². The standard InChI is InChI=1S/C21H20N2O4/c1-13-9-15-10-19-20(27-12-26-19)11-16(15)17(23-22-13)8-7-14-5-4-6-18(24-2)21(14)25-3/h4-8,10-11H,9,12H2,1-3H3. The number of rotatable bonds is 4. The van der Waals surface area contributed by atoms with Crippen LogP contribution in [0.5, 0.6) is 23.0 Å². The number of nitrogens with zero attached hydrogens (tertiary/aromatic N) is 2. The van der Waals surface area contributed by atoms with Crippen LogP contribution in [0.4, 0.5) is 0 Å². The highest BCUT2D eigenvalue weighted by atomic mass is 16.7. The quantitative estimate of drug-likeness (QED) is 0.826. The fourth-order valence-corrected chi connectivity index (χ4v) is 3.21. The maximum absolute atomic E-state index is 5.53. The van der Waals surface area contributed by atoms with Crippen molar-refractivity contribution in [3.63, 3.8) is 0 Å². The van der Waals surface area contributed by atoms with Crippen molar-refractivity contribution in [2.45, 2.75) is 13.3 Å². The Morgan fingerprint density at radius 3 is 2.59 bits per heavy atom. The largest absolute Gasteiger partial charge is 0.493 e. The summed E-state index contributed by atoms with van der Waals surface area (Å²) in [5.41, 5.74) is 4.69. The first kappa shape index (κ1) is 17.1. The number of allylic oxidation sites excluding steroid dienone is 1. The Labute approximate surface area is 157 Å². The lowest BCUT2D eigenvalue weighted by atomic mass is 9.97. The summed E-state index contributed by atoms with van der Waals surface area (Å²) in [6, 6.07) is 9.73. The molecule has 0 unspecified atom stereocenters. The number of fused-ring (bicyclic) bond motifs is 2. The van der Waals surface area contributed by atoms with E-state index < -0.39 is 0 Å². The second-order valence-electron chi connectivity index (χ2n) is 6.28. The first-order valence-corrected chi connectivity index (χ1v) is 8.62. The van der Waals surface area contributed by atoms with Crippen LogP contribution in [-0.4, -0.2) is 32.4 Å². The smallest absolute Gasteiger partial charge is 0.231 e. The third kappa shape index (κ3) is 3.26. The fraction of sp³-hybridized carbons (Fsp3) is 0.238. The van der Waals surface area contributed by atoms with Crippen molar-refractivity contribution in [3.8, 4) is 23.0 Å². The van der Waals surface area contributed by atoms with Crippen molar-refractivity contribution in [3.05, 3.63) is 53.1 Å². The molecule has 2 aromatic carbocycles. The topological polar surface area (TPSA) is 61.6 Å². The summed E-state index contributed by atoms with van der Waals surface area (Å²) in [4.78, 5) is 0. The molecule has 0 aliphatic carbocycles. The van der Waals surface area contributed by atoms with Gasteiger partial charge in [0.05, 0.1) is 19.9 Å². The van der Waals surface area contributed by atoms with Gasteiger partial charge < -0.3 is 18.9 Å². The van der Waals surface area contributed by atoms with E-state index in [1.54, 1.807) is 14.2 Å². The third-order valence-corrected chi connectivity index (χ3v) is 4.50. The molecule has 0 atom stereocenters. The summed E-state index contributed by atoms with van der Waals surface area (Å²) in [7, 11) is 3.25. The van der Waals surface area contributed by atoms with E-state index in [1.807, 2.05) is 49.4 Å². The molecule has 0 aromatic heterocycles. The van der Waals surface area contributed by atoms with Crippen molar-refractivity contribution in [1.82, 2.24) is 0 Å². The van der Waals surface area contributed by atoms with Crippen molar-refractivity contribution in [2.75, 3.05) is 21.0 Å². The first-order valence-electron chi connectivity index (χ1n) is 8.62. The second-order valence-corrected chi connectivity index (χ2v) is 6.28. The zero-order valence-corrected chi connectivity index (χ0v) is 15.5. The molecule has 0 bridgehead atoms. The van der Waals surface area contributed by atoms with Crippen molar-refractivity contribution < 1.29 is 18.9 Å². The van der Waals surface area contributed by atoms with Crippen molar-refractivity contribution >= 4 is 17.5 Å². The lowest BCUT2D eigenvalue weighted by Crippen LogP contribution is -2.03. The summed E-state index contributed by atoms with van der Waals surface area (Å²) in [6.45, 7) is 2.21. The summed E-state index contributed by atoms with van der Waals surface area (Å²) in [5, 5.41) is 8.76. The number of methoxy groups -OCH3 is 2. The molecular formula is C21H20N2O4. The summed E-state index contributed by atoms with van der Waals surface area (Å²) in [5.74, 6) is 2.85. The van der Waals surface area contributed by atoms with Crippen LogP contribution in [0.3, 0.4) is 0 Å².